The number of ketones is 1. The molecule has 2 rings (SSSR count). The summed E-state index contributed by atoms with van der Waals surface area (Å²) < 4.78 is 23.4. The standard InChI is InChI=1S/C18H18FNO4/c1-12(21)14-5-8-16(17(9-14)23-2)24-11-18(22)20-10-13-3-6-15(19)7-4-13/h3-9H,10-11H2,1-2H3,(H,20,22). The summed E-state index contributed by atoms with van der Waals surface area (Å²) in [6.45, 7) is 1.54. The lowest BCUT2D eigenvalue weighted by atomic mass is 10.1. The van der Waals surface area contributed by atoms with Crippen molar-refractivity contribution in [3.05, 3.63) is 59.4 Å². The zero-order chi connectivity index (χ0) is 17.5. The van der Waals surface area contributed by atoms with Gasteiger partial charge in [-0.1, -0.05) is 12.1 Å². The molecule has 0 radical (unpaired) electrons. The minimum Gasteiger partial charge on any atom is -0.493 e. The minimum atomic E-state index is -0.325. The van der Waals surface area contributed by atoms with E-state index in [0.29, 0.717) is 17.1 Å². The fourth-order valence-electron chi connectivity index (χ4n) is 2.00. The van der Waals surface area contributed by atoms with E-state index in [4.69, 9.17) is 9.47 Å². The summed E-state index contributed by atoms with van der Waals surface area (Å²) in [6.07, 6.45) is 0. The van der Waals surface area contributed by atoms with Crippen LogP contribution < -0.4 is 14.8 Å². The number of amides is 1. The first-order valence-electron chi connectivity index (χ1n) is 7.32. The Kier molecular flexibility index (Phi) is 5.89. The molecule has 0 fully saturated rings. The first-order chi connectivity index (χ1) is 11.5. The number of hydrogen-bond donors (Lipinski definition) is 1. The SMILES string of the molecule is COc1cc(C(C)=O)ccc1OCC(=O)NCc1ccc(F)cc1. The quantitative estimate of drug-likeness (QED) is 0.792. The van der Waals surface area contributed by atoms with Crippen LogP contribution in [0.2, 0.25) is 0 Å². The van der Waals surface area contributed by atoms with Gasteiger partial charge in [-0.2, -0.15) is 0 Å². The number of rotatable bonds is 7. The van der Waals surface area contributed by atoms with Gasteiger partial charge in [-0.25, -0.2) is 4.39 Å². The monoisotopic (exact) mass is 331 g/mol. The number of nitrogens with one attached hydrogen (secondary N) is 1. The average molecular weight is 331 g/mol. The van der Waals surface area contributed by atoms with Crippen LogP contribution >= 0.6 is 0 Å². The summed E-state index contributed by atoms with van der Waals surface area (Å²) in [7, 11) is 1.46. The second-order valence-electron chi connectivity index (χ2n) is 5.11. The van der Waals surface area contributed by atoms with Crippen LogP contribution in [0.4, 0.5) is 4.39 Å². The van der Waals surface area contributed by atoms with Gasteiger partial charge < -0.3 is 14.8 Å². The maximum atomic E-state index is 12.8. The highest BCUT2D eigenvalue weighted by Crippen LogP contribution is 2.28. The Hall–Kier alpha value is -2.89. The van der Waals surface area contributed by atoms with E-state index in [1.807, 2.05) is 0 Å². The van der Waals surface area contributed by atoms with E-state index in [9.17, 15) is 14.0 Å². The number of ether oxygens (including phenoxy) is 2. The number of carbonyl (C=O) groups is 2. The van der Waals surface area contributed by atoms with Gasteiger partial charge >= 0.3 is 0 Å². The zero-order valence-corrected chi connectivity index (χ0v) is 13.5. The summed E-state index contributed by atoms with van der Waals surface area (Å²) in [5.41, 5.74) is 1.29. The third-order valence-electron chi connectivity index (χ3n) is 3.33. The van der Waals surface area contributed by atoms with E-state index in [2.05, 4.69) is 5.32 Å². The number of methoxy groups -OCH3 is 1. The van der Waals surface area contributed by atoms with Gasteiger partial charge in [-0.15, -0.1) is 0 Å². The molecule has 126 valence electrons. The van der Waals surface area contributed by atoms with Crippen LogP contribution in [-0.2, 0) is 11.3 Å². The van der Waals surface area contributed by atoms with Gasteiger partial charge in [-0.3, -0.25) is 9.59 Å². The molecule has 0 aliphatic heterocycles. The normalized spacial score (nSPS) is 10.1. The van der Waals surface area contributed by atoms with Crippen molar-refractivity contribution in [3.63, 3.8) is 0 Å². The number of halogens is 1. The smallest absolute Gasteiger partial charge is 0.258 e. The fourth-order valence-corrected chi connectivity index (χ4v) is 2.00. The summed E-state index contributed by atoms with van der Waals surface area (Å²) in [6, 6.07) is 10.6. The summed E-state index contributed by atoms with van der Waals surface area (Å²) in [4.78, 5) is 23.2. The van der Waals surface area contributed by atoms with Crippen LogP contribution in [0, 0.1) is 5.82 Å². The molecule has 0 spiro atoms. The first-order valence-corrected chi connectivity index (χ1v) is 7.32. The topological polar surface area (TPSA) is 64.6 Å². The van der Waals surface area contributed by atoms with Crippen LogP contribution in [0.1, 0.15) is 22.8 Å². The van der Waals surface area contributed by atoms with E-state index >= 15 is 0 Å². The zero-order valence-electron chi connectivity index (χ0n) is 13.5. The average Bonchev–Trinajstić information content (AvgIpc) is 2.59. The van der Waals surface area contributed by atoms with Gasteiger partial charge in [0, 0.05) is 12.1 Å². The summed E-state index contributed by atoms with van der Waals surface area (Å²) in [5, 5.41) is 2.67. The molecule has 6 heteroatoms. The predicted octanol–water partition coefficient (Wildman–Crippen LogP) is 2.73. The van der Waals surface area contributed by atoms with E-state index in [0.717, 1.165) is 5.56 Å². The first kappa shape index (κ1) is 17.5. The molecule has 0 bridgehead atoms. The van der Waals surface area contributed by atoms with Crippen LogP contribution in [0.15, 0.2) is 42.5 Å². The molecule has 0 heterocycles. The van der Waals surface area contributed by atoms with E-state index < -0.39 is 0 Å². The molecule has 1 N–H and O–H groups in total. The van der Waals surface area contributed by atoms with Crippen molar-refractivity contribution in [3.8, 4) is 11.5 Å². The van der Waals surface area contributed by atoms with Crippen molar-refractivity contribution in [2.24, 2.45) is 0 Å². The minimum absolute atomic E-state index is 0.0862. The molecule has 0 aromatic heterocycles. The second kappa shape index (κ2) is 8.10. The van der Waals surface area contributed by atoms with Crippen LogP contribution in [-0.4, -0.2) is 25.4 Å². The Labute approximate surface area is 139 Å². The van der Waals surface area contributed by atoms with Crippen molar-refractivity contribution in [1.82, 2.24) is 5.32 Å². The Morgan fingerprint density at radius 1 is 1.08 bits per heavy atom. The van der Waals surface area contributed by atoms with Crippen LogP contribution in [0.25, 0.3) is 0 Å². The van der Waals surface area contributed by atoms with E-state index in [1.165, 1.54) is 26.2 Å². The lowest BCUT2D eigenvalue weighted by Gasteiger charge is -2.11. The largest absolute Gasteiger partial charge is 0.493 e. The van der Waals surface area contributed by atoms with E-state index in [-0.39, 0.29) is 30.7 Å². The number of hydrogen-bond acceptors (Lipinski definition) is 4. The van der Waals surface area contributed by atoms with Gasteiger partial charge in [0.25, 0.3) is 5.91 Å². The van der Waals surface area contributed by atoms with Gasteiger partial charge in [-0.05, 0) is 42.8 Å². The van der Waals surface area contributed by atoms with Crippen molar-refractivity contribution in [2.45, 2.75) is 13.5 Å². The highest BCUT2D eigenvalue weighted by atomic mass is 19.1. The van der Waals surface area contributed by atoms with Crippen LogP contribution in [0.5, 0.6) is 11.5 Å². The molecule has 0 saturated heterocycles. The molecular formula is C18H18FNO4. The molecule has 0 atom stereocenters. The lowest BCUT2D eigenvalue weighted by Crippen LogP contribution is -2.28. The number of Topliss-reactive ketones (excluding diaryl/α,β-unsaturated/α-hetero) is 1. The molecule has 1 amide bonds. The fraction of sp³-hybridized carbons (Fsp3) is 0.222. The summed E-state index contributed by atoms with van der Waals surface area (Å²) in [5.74, 6) is 0.0249. The lowest BCUT2D eigenvalue weighted by molar-refractivity contribution is -0.123. The highest BCUT2D eigenvalue weighted by Gasteiger charge is 2.10. The molecule has 5 nitrogen and oxygen atoms in total. The third kappa shape index (κ3) is 4.81. The molecule has 2 aromatic rings. The Balaban J connectivity index is 1.89. The Morgan fingerprint density at radius 3 is 2.42 bits per heavy atom. The van der Waals surface area contributed by atoms with Crippen LogP contribution in [0.3, 0.4) is 0 Å². The second-order valence-corrected chi connectivity index (χ2v) is 5.11. The summed E-state index contributed by atoms with van der Waals surface area (Å²) >= 11 is 0. The molecule has 0 saturated carbocycles. The Bertz CT molecular complexity index is 728. The van der Waals surface area contributed by atoms with Gasteiger partial charge in [0.1, 0.15) is 5.82 Å². The molecule has 24 heavy (non-hydrogen) atoms. The molecule has 0 unspecified atom stereocenters. The van der Waals surface area contributed by atoms with E-state index in [1.54, 1.807) is 30.3 Å². The predicted molar refractivity (Wildman–Crippen MR) is 86.7 cm³/mol. The maximum Gasteiger partial charge on any atom is 0.258 e. The number of carbonyl (C=O) groups excluding carboxylic acids is 2. The molecule has 2 aromatic carbocycles. The number of benzene rings is 2. The van der Waals surface area contributed by atoms with Crippen molar-refractivity contribution in [1.29, 1.82) is 0 Å². The molecule has 0 aliphatic carbocycles. The van der Waals surface area contributed by atoms with Crippen molar-refractivity contribution >= 4 is 11.7 Å². The van der Waals surface area contributed by atoms with Gasteiger partial charge in [0.15, 0.2) is 23.9 Å². The molecular weight excluding hydrogens is 313 g/mol. The molecule has 0 aliphatic rings. The van der Waals surface area contributed by atoms with Crippen molar-refractivity contribution in [2.75, 3.05) is 13.7 Å². The van der Waals surface area contributed by atoms with Gasteiger partial charge in [0.05, 0.1) is 7.11 Å². The van der Waals surface area contributed by atoms with Gasteiger partial charge in [0.2, 0.25) is 0 Å². The Morgan fingerprint density at radius 2 is 1.79 bits per heavy atom. The maximum absolute atomic E-state index is 12.8. The highest BCUT2D eigenvalue weighted by molar-refractivity contribution is 5.94. The van der Waals surface area contributed by atoms with Crippen molar-refractivity contribution < 1.29 is 23.5 Å². The third-order valence-corrected chi connectivity index (χ3v) is 3.33.